The highest BCUT2D eigenvalue weighted by atomic mass is 19.4. The minimum absolute atomic E-state index is 0.00552. The molecule has 9 heteroatoms. The van der Waals surface area contributed by atoms with Crippen LogP contribution in [0.4, 0.5) is 39.5 Å². The molecule has 0 saturated carbocycles. The molecule has 190 valence electrons. The van der Waals surface area contributed by atoms with Crippen LogP contribution in [-0.2, 0) is 6.18 Å². The van der Waals surface area contributed by atoms with Gasteiger partial charge in [0.1, 0.15) is 28.8 Å². The van der Waals surface area contributed by atoms with Crippen LogP contribution < -0.4 is 0 Å². The van der Waals surface area contributed by atoms with Crippen LogP contribution in [0.25, 0.3) is 33.9 Å². The van der Waals surface area contributed by atoms with E-state index in [1.165, 1.54) is 12.1 Å². The monoisotopic (exact) mass is 522 g/mol. The van der Waals surface area contributed by atoms with Crippen molar-refractivity contribution in [3.63, 3.8) is 0 Å². The number of halogens is 9. The smallest absolute Gasteiger partial charge is 0.206 e. The quantitative estimate of drug-likeness (QED) is 0.185. The Kier molecular flexibility index (Phi) is 6.90. The van der Waals surface area contributed by atoms with Crippen LogP contribution >= 0.6 is 0 Å². The van der Waals surface area contributed by atoms with Gasteiger partial charge >= 0.3 is 6.18 Å². The molecule has 0 fully saturated rings. The third kappa shape index (κ3) is 5.26. The van der Waals surface area contributed by atoms with Gasteiger partial charge in [-0.1, -0.05) is 48.0 Å². The van der Waals surface area contributed by atoms with Crippen molar-refractivity contribution in [3.05, 3.63) is 118 Å². The van der Waals surface area contributed by atoms with Crippen molar-refractivity contribution in [2.45, 2.75) is 13.1 Å². The summed E-state index contributed by atoms with van der Waals surface area (Å²) in [5.41, 5.74) is -2.15. The first-order chi connectivity index (χ1) is 17.4. The Morgan fingerprint density at radius 1 is 0.568 bits per heavy atom. The molecule has 0 radical (unpaired) electrons. The zero-order valence-corrected chi connectivity index (χ0v) is 18.8. The van der Waals surface area contributed by atoms with Crippen molar-refractivity contribution in [2.75, 3.05) is 0 Å². The van der Waals surface area contributed by atoms with Crippen molar-refractivity contribution >= 4 is 11.7 Å². The molecule has 37 heavy (non-hydrogen) atoms. The van der Waals surface area contributed by atoms with Crippen molar-refractivity contribution in [1.82, 2.24) is 0 Å². The lowest BCUT2D eigenvalue weighted by Gasteiger charge is -2.11. The van der Waals surface area contributed by atoms with E-state index in [2.05, 4.69) is 0 Å². The summed E-state index contributed by atoms with van der Waals surface area (Å²) in [5, 5.41) is 0. The lowest BCUT2D eigenvalue weighted by molar-refractivity contribution is -0.142. The topological polar surface area (TPSA) is 0 Å². The first-order valence-corrected chi connectivity index (χ1v) is 10.7. The molecular formula is C28H15F9. The fourth-order valence-electron chi connectivity index (χ4n) is 3.75. The number of hydrogen-bond acceptors (Lipinski definition) is 0. The Morgan fingerprint density at radius 3 is 1.65 bits per heavy atom. The molecule has 0 aromatic heterocycles. The average molecular weight is 522 g/mol. The molecule has 0 atom stereocenters. The van der Waals surface area contributed by atoms with Gasteiger partial charge in [0.2, 0.25) is 0 Å². The van der Waals surface area contributed by atoms with Crippen molar-refractivity contribution in [1.29, 1.82) is 0 Å². The second kappa shape index (κ2) is 9.80. The molecule has 0 nitrogen and oxygen atoms in total. The lowest BCUT2D eigenvalue weighted by Crippen LogP contribution is -2.11. The van der Waals surface area contributed by atoms with E-state index < -0.39 is 57.8 Å². The minimum atomic E-state index is -5.40. The van der Waals surface area contributed by atoms with E-state index in [-0.39, 0.29) is 23.3 Å². The van der Waals surface area contributed by atoms with Crippen molar-refractivity contribution in [3.8, 4) is 22.3 Å². The van der Waals surface area contributed by atoms with Gasteiger partial charge in [-0.05, 0) is 53.9 Å². The Bertz CT molecular complexity index is 1490. The van der Waals surface area contributed by atoms with Crippen LogP contribution in [0, 0.1) is 30.2 Å². The maximum Gasteiger partial charge on any atom is 0.422 e. The molecule has 0 saturated heterocycles. The molecule has 0 heterocycles. The van der Waals surface area contributed by atoms with Gasteiger partial charge in [0.15, 0.2) is 11.7 Å². The molecule has 0 aliphatic rings. The number of benzene rings is 4. The Labute approximate surface area is 205 Å². The zero-order chi connectivity index (χ0) is 27.1. The lowest BCUT2D eigenvalue weighted by atomic mass is 9.97. The summed E-state index contributed by atoms with van der Waals surface area (Å²) in [6.07, 6.45) is -5.40. The second-order valence-electron chi connectivity index (χ2n) is 8.20. The van der Waals surface area contributed by atoms with Crippen molar-refractivity contribution < 1.29 is 39.5 Å². The van der Waals surface area contributed by atoms with Crippen molar-refractivity contribution in [2.24, 2.45) is 0 Å². The fourth-order valence-corrected chi connectivity index (χ4v) is 3.75. The van der Waals surface area contributed by atoms with E-state index in [1.54, 1.807) is 18.2 Å². The van der Waals surface area contributed by atoms with Crippen LogP contribution in [0.1, 0.15) is 22.3 Å². The van der Waals surface area contributed by atoms with Gasteiger partial charge in [-0.25, -0.2) is 26.3 Å². The second-order valence-corrected chi connectivity index (χ2v) is 8.20. The van der Waals surface area contributed by atoms with E-state index in [1.807, 2.05) is 19.1 Å². The number of hydrogen-bond donors (Lipinski definition) is 0. The maximum absolute atomic E-state index is 14.8. The molecule has 4 aromatic rings. The van der Waals surface area contributed by atoms with Gasteiger partial charge in [-0.3, -0.25) is 0 Å². The maximum atomic E-state index is 14.8. The minimum Gasteiger partial charge on any atom is -0.206 e. The average Bonchev–Trinajstić information content (AvgIpc) is 2.82. The Morgan fingerprint density at radius 2 is 1.11 bits per heavy atom. The largest absolute Gasteiger partial charge is 0.422 e. The molecule has 0 aliphatic heterocycles. The SMILES string of the molecule is Cc1ccc(-c2ccc(-c3ccc(/C(F)=C(\F)c4cc(F)c(C(F)(F)F)c(F)c4)c(F)c3)c(F)c2)cc1. The van der Waals surface area contributed by atoms with E-state index >= 15 is 0 Å². The van der Waals surface area contributed by atoms with Crippen LogP contribution in [0.5, 0.6) is 0 Å². The van der Waals surface area contributed by atoms with E-state index in [4.69, 9.17) is 0 Å². The van der Waals surface area contributed by atoms with Gasteiger partial charge in [0.25, 0.3) is 0 Å². The summed E-state index contributed by atoms with van der Waals surface area (Å²) in [6.45, 7) is 1.90. The fraction of sp³-hybridized carbons (Fsp3) is 0.0714. The van der Waals surface area contributed by atoms with Crippen LogP contribution in [-0.4, -0.2) is 0 Å². The highest BCUT2D eigenvalue weighted by molar-refractivity contribution is 5.84. The van der Waals surface area contributed by atoms with Crippen LogP contribution in [0.3, 0.4) is 0 Å². The van der Waals surface area contributed by atoms with Gasteiger partial charge < -0.3 is 0 Å². The van der Waals surface area contributed by atoms with E-state index in [9.17, 15) is 39.5 Å². The summed E-state index contributed by atoms with van der Waals surface area (Å²) in [5.74, 6) is -10.2. The van der Waals surface area contributed by atoms with Crippen LogP contribution in [0.15, 0.2) is 72.8 Å². The predicted octanol–water partition coefficient (Wildman–Crippen LogP) is 9.67. The first kappa shape index (κ1) is 26.1. The molecule has 4 rings (SSSR count). The van der Waals surface area contributed by atoms with Gasteiger partial charge in [0.05, 0.1) is 0 Å². The summed E-state index contributed by atoms with van der Waals surface area (Å²) in [6, 6.07) is 14.1. The standard InChI is InChI=1S/C28H15F9/c1-14-2-4-15(5-3-14)16-6-8-19(21(29)10-16)17-7-9-20(22(30)11-17)27(34)26(33)18-12-23(31)25(24(32)13-18)28(35,36)37/h2-13H,1H3/b27-26+. The number of alkyl halides is 3. The normalized spacial score (nSPS) is 12.5. The molecule has 0 N–H and O–H groups in total. The molecule has 0 bridgehead atoms. The molecule has 0 unspecified atom stereocenters. The summed E-state index contributed by atoms with van der Waals surface area (Å²) in [7, 11) is 0. The van der Waals surface area contributed by atoms with E-state index in [0.29, 0.717) is 5.56 Å². The molecular weight excluding hydrogens is 507 g/mol. The highest BCUT2D eigenvalue weighted by Gasteiger charge is 2.38. The summed E-state index contributed by atoms with van der Waals surface area (Å²) < 4.78 is 124. The molecule has 4 aromatic carbocycles. The zero-order valence-electron chi connectivity index (χ0n) is 18.8. The van der Waals surface area contributed by atoms with Gasteiger partial charge in [-0.2, -0.15) is 13.2 Å². The number of rotatable bonds is 4. The van der Waals surface area contributed by atoms with Gasteiger partial charge in [-0.15, -0.1) is 0 Å². The molecule has 0 amide bonds. The molecule has 0 spiro atoms. The van der Waals surface area contributed by atoms with Crippen LogP contribution in [0.2, 0.25) is 0 Å². The summed E-state index contributed by atoms with van der Waals surface area (Å²) >= 11 is 0. The predicted molar refractivity (Wildman–Crippen MR) is 122 cm³/mol. The Hall–Kier alpha value is -4.01. The number of aryl methyl sites for hydroxylation is 1. The Balaban J connectivity index is 1.68. The first-order valence-electron chi connectivity index (χ1n) is 10.7. The third-order valence-electron chi connectivity index (χ3n) is 5.64. The third-order valence-corrected chi connectivity index (χ3v) is 5.64. The highest BCUT2D eigenvalue weighted by Crippen LogP contribution is 2.38. The van der Waals surface area contributed by atoms with E-state index in [0.717, 1.165) is 29.3 Å². The van der Waals surface area contributed by atoms with Gasteiger partial charge in [0, 0.05) is 16.7 Å². The molecule has 0 aliphatic carbocycles. The summed E-state index contributed by atoms with van der Waals surface area (Å²) in [4.78, 5) is 0.